The van der Waals surface area contributed by atoms with E-state index < -0.39 is 0 Å². The number of hydrogen-bond donors (Lipinski definition) is 1. The second-order valence-electron chi connectivity index (χ2n) is 9.55. The van der Waals surface area contributed by atoms with E-state index >= 15 is 0 Å². The van der Waals surface area contributed by atoms with Crippen molar-refractivity contribution < 1.29 is 9.18 Å². The number of nitrogens with zero attached hydrogens (tertiary/aromatic N) is 3. The molecule has 2 aliphatic heterocycles. The number of carbonyl (C=O) groups is 1. The van der Waals surface area contributed by atoms with Crippen LogP contribution in [0.15, 0.2) is 60.8 Å². The van der Waals surface area contributed by atoms with Gasteiger partial charge in [-0.15, -0.1) is 0 Å². The maximum atomic E-state index is 13.3. The van der Waals surface area contributed by atoms with Crippen molar-refractivity contribution in [3.63, 3.8) is 0 Å². The molecule has 0 atom stereocenters. The number of urea groups is 1. The molecule has 1 spiro atoms. The summed E-state index contributed by atoms with van der Waals surface area (Å²) >= 11 is 19.1. The summed E-state index contributed by atoms with van der Waals surface area (Å²) in [7, 11) is 0. The number of nitrogens with one attached hydrogen (secondary N) is 1. The molecule has 9 heteroatoms. The van der Waals surface area contributed by atoms with E-state index in [1.807, 2.05) is 18.2 Å². The van der Waals surface area contributed by atoms with Gasteiger partial charge in [-0.3, -0.25) is 9.80 Å². The van der Waals surface area contributed by atoms with Gasteiger partial charge in [-0.05, 0) is 73.5 Å². The smallest absolute Gasteiger partial charge is 0.322 e. The maximum Gasteiger partial charge on any atom is 0.322 e. The first-order chi connectivity index (χ1) is 17.8. The Kier molecular flexibility index (Phi) is 7.72. The minimum Gasteiger partial charge on any atom is -0.334 e. The van der Waals surface area contributed by atoms with E-state index in [1.165, 1.54) is 12.1 Å². The molecule has 1 N–H and O–H groups in total. The molecule has 3 aromatic rings. The number of benzene rings is 2. The highest BCUT2D eigenvalue weighted by atomic mass is 35.5. The molecule has 37 heavy (non-hydrogen) atoms. The number of anilines is 1. The van der Waals surface area contributed by atoms with Crippen molar-refractivity contribution >= 4 is 52.6 Å². The van der Waals surface area contributed by atoms with Gasteiger partial charge in [0.15, 0.2) is 0 Å². The summed E-state index contributed by atoms with van der Waals surface area (Å²) in [4.78, 5) is 21.4. The van der Waals surface area contributed by atoms with Gasteiger partial charge >= 0.3 is 6.03 Å². The Morgan fingerprint density at radius 3 is 2.57 bits per heavy atom. The van der Waals surface area contributed by atoms with Crippen LogP contribution in [0.1, 0.15) is 29.5 Å². The van der Waals surface area contributed by atoms with E-state index in [0.29, 0.717) is 28.3 Å². The van der Waals surface area contributed by atoms with Gasteiger partial charge in [-0.2, -0.15) is 0 Å². The molecular weight excluding hydrogens is 534 g/mol. The van der Waals surface area contributed by atoms with Gasteiger partial charge in [-0.25, -0.2) is 14.2 Å². The van der Waals surface area contributed by atoms with E-state index in [4.69, 9.17) is 34.8 Å². The molecule has 192 valence electrons. The summed E-state index contributed by atoms with van der Waals surface area (Å²) in [5.41, 5.74) is 3.38. The first-order valence-corrected chi connectivity index (χ1v) is 13.3. The Morgan fingerprint density at radius 1 is 1.08 bits per heavy atom. The lowest BCUT2D eigenvalue weighted by Gasteiger charge is -2.39. The standard InChI is InChI=1S/C28H26Cl3FN4O/c29-21-15-23(30)26-24(16-21)36(27(37)34-17-20-7-10-33-25(31)14-20)18-28(26)8-12-35(13-9-28)11-1-2-19-3-5-22(32)6-4-19/h1-7,10,14-16H,8-9,11-13,17-18H2,(H,34,37)/b2-1+. The topological polar surface area (TPSA) is 48.5 Å². The molecule has 0 radical (unpaired) electrons. The summed E-state index contributed by atoms with van der Waals surface area (Å²) in [6, 6.07) is 13.4. The fourth-order valence-electron chi connectivity index (χ4n) is 5.26. The number of likely N-dealkylation sites (tertiary alicyclic amines) is 1. The first kappa shape index (κ1) is 26.0. The molecule has 1 fully saturated rings. The highest BCUT2D eigenvalue weighted by Crippen LogP contribution is 2.51. The molecule has 0 unspecified atom stereocenters. The minimum absolute atomic E-state index is 0.200. The third-order valence-electron chi connectivity index (χ3n) is 7.15. The second kappa shape index (κ2) is 11.0. The molecule has 5 nitrogen and oxygen atoms in total. The number of rotatable bonds is 5. The van der Waals surface area contributed by atoms with Crippen molar-refractivity contribution in [1.29, 1.82) is 0 Å². The number of pyridine rings is 1. The summed E-state index contributed by atoms with van der Waals surface area (Å²) in [6.45, 7) is 3.43. The number of fused-ring (bicyclic) bond motifs is 2. The van der Waals surface area contributed by atoms with Gasteiger partial charge in [0.2, 0.25) is 0 Å². The Morgan fingerprint density at radius 2 is 1.84 bits per heavy atom. The van der Waals surface area contributed by atoms with Crippen LogP contribution in [0, 0.1) is 5.82 Å². The van der Waals surface area contributed by atoms with E-state index in [-0.39, 0.29) is 17.3 Å². The Balaban J connectivity index is 1.28. The zero-order valence-electron chi connectivity index (χ0n) is 20.1. The second-order valence-corrected chi connectivity index (χ2v) is 10.8. The van der Waals surface area contributed by atoms with Gasteiger partial charge < -0.3 is 5.32 Å². The third kappa shape index (κ3) is 5.78. The summed E-state index contributed by atoms with van der Waals surface area (Å²) in [5, 5.41) is 4.48. The van der Waals surface area contributed by atoms with Gasteiger partial charge in [0.25, 0.3) is 0 Å². The number of piperidine rings is 1. The van der Waals surface area contributed by atoms with Crippen LogP contribution in [0.2, 0.25) is 15.2 Å². The fourth-order valence-corrected chi connectivity index (χ4v) is 6.13. The molecule has 5 rings (SSSR count). The SMILES string of the molecule is O=C(NCc1ccnc(Cl)c1)N1CC2(CCN(C/C=C/c3ccc(F)cc3)CC2)c2c(Cl)cc(Cl)cc21. The van der Waals surface area contributed by atoms with Gasteiger partial charge in [0, 0.05) is 46.9 Å². The van der Waals surface area contributed by atoms with Crippen LogP contribution >= 0.6 is 34.8 Å². The Hall–Kier alpha value is -2.64. The van der Waals surface area contributed by atoms with Gasteiger partial charge in [0.1, 0.15) is 11.0 Å². The molecule has 0 aliphatic carbocycles. The van der Waals surface area contributed by atoms with E-state index in [0.717, 1.165) is 54.9 Å². The number of halogens is 4. The summed E-state index contributed by atoms with van der Waals surface area (Å²) < 4.78 is 13.1. The molecule has 0 bridgehead atoms. The van der Waals surface area contributed by atoms with Crippen molar-refractivity contribution in [3.05, 3.63) is 98.5 Å². The fraction of sp³-hybridized carbons (Fsp3) is 0.286. The number of amides is 2. The molecule has 1 aromatic heterocycles. The maximum absolute atomic E-state index is 13.3. The third-order valence-corrected chi connectivity index (χ3v) is 7.88. The lowest BCUT2D eigenvalue weighted by molar-refractivity contribution is 0.180. The van der Waals surface area contributed by atoms with E-state index in [9.17, 15) is 9.18 Å². The molecular formula is C28H26Cl3FN4O. The molecule has 0 saturated carbocycles. The summed E-state index contributed by atoms with van der Waals surface area (Å²) in [5.74, 6) is -0.236. The average Bonchev–Trinajstić information content (AvgIpc) is 3.19. The number of carbonyl (C=O) groups excluding carboxylic acids is 1. The zero-order chi connectivity index (χ0) is 26.0. The highest BCUT2D eigenvalue weighted by molar-refractivity contribution is 6.36. The highest BCUT2D eigenvalue weighted by Gasteiger charge is 2.47. The van der Waals surface area contributed by atoms with Crippen molar-refractivity contribution in [2.45, 2.75) is 24.8 Å². The largest absolute Gasteiger partial charge is 0.334 e. The molecule has 2 aliphatic rings. The van der Waals surface area contributed by atoms with Crippen molar-refractivity contribution in [3.8, 4) is 0 Å². The predicted molar refractivity (Wildman–Crippen MR) is 148 cm³/mol. The van der Waals surface area contributed by atoms with Crippen LogP contribution in [0.25, 0.3) is 6.08 Å². The number of hydrogen-bond acceptors (Lipinski definition) is 3. The van der Waals surface area contributed by atoms with Crippen LogP contribution in [0.5, 0.6) is 0 Å². The van der Waals surface area contributed by atoms with Crippen LogP contribution in [-0.4, -0.2) is 42.1 Å². The van der Waals surface area contributed by atoms with E-state index in [1.54, 1.807) is 35.4 Å². The van der Waals surface area contributed by atoms with Crippen LogP contribution < -0.4 is 10.2 Å². The zero-order valence-corrected chi connectivity index (χ0v) is 22.3. The number of aromatic nitrogens is 1. The normalized spacial score (nSPS) is 16.9. The lowest BCUT2D eigenvalue weighted by atomic mass is 9.74. The Labute approximate surface area is 230 Å². The quantitative estimate of drug-likeness (QED) is 0.344. The van der Waals surface area contributed by atoms with Crippen LogP contribution in [-0.2, 0) is 12.0 Å². The van der Waals surface area contributed by atoms with Crippen molar-refractivity contribution in [2.24, 2.45) is 0 Å². The first-order valence-electron chi connectivity index (χ1n) is 12.1. The minimum atomic E-state index is -0.236. The lowest BCUT2D eigenvalue weighted by Crippen LogP contribution is -2.47. The molecule has 2 aromatic carbocycles. The van der Waals surface area contributed by atoms with E-state index in [2.05, 4.69) is 21.3 Å². The van der Waals surface area contributed by atoms with Gasteiger partial charge in [-0.1, -0.05) is 59.1 Å². The Bertz CT molecular complexity index is 1320. The molecule has 1 saturated heterocycles. The van der Waals surface area contributed by atoms with Gasteiger partial charge in [0.05, 0.1) is 5.69 Å². The summed E-state index contributed by atoms with van der Waals surface area (Å²) in [6.07, 6.45) is 7.47. The monoisotopic (exact) mass is 558 g/mol. The van der Waals surface area contributed by atoms with Crippen molar-refractivity contribution in [1.82, 2.24) is 15.2 Å². The average molecular weight is 560 g/mol. The molecule has 3 heterocycles. The van der Waals surface area contributed by atoms with Crippen LogP contribution in [0.4, 0.5) is 14.9 Å². The van der Waals surface area contributed by atoms with Crippen molar-refractivity contribution in [2.75, 3.05) is 31.1 Å². The van der Waals surface area contributed by atoms with Crippen LogP contribution in [0.3, 0.4) is 0 Å². The molecule has 2 amide bonds. The predicted octanol–water partition coefficient (Wildman–Crippen LogP) is 6.96.